The Kier molecular flexibility index (Phi) is 3.17. The fourth-order valence-corrected chi connectivity index (χ4v) is 2.82. The number of hydrogen-bond donors (Lipinski definition) is 3. The number of fused-ring (bicyclic) bond motifs is 1. The molecular weight excluding hydrogens is 289 g/mol. The van der Waals surface area contributed by atoms with Crippen molar-refractivity contribution in [3.05, 3.63) is 39.9 Å². The summed E-state index contributed by atoms with van der Waals surface area (Å²) in [6.07, 6.45) is 1.88. The van der Waals surface area contributed by atoms with E-state index in [1.165, 1.54) is 6.07 Å². The van der Waals surface area contributed by atoms with Crippen molar-refractivity contribution in [1.82, 2.24) is 4.98 Å². The van der Waals surface area contributed by atoms with Crippen molar-refractivity contribution in [3.8, 4) is 0 Å². The van der Waals surface area contributed by atoms with Crippen LogP contribution in [0, 0.1) is 5.82 Å². The van der Waals surface area contributed by atoms with E-state index in [0.717, 1.165) is 18.7 Å². The number of anilines is 1. The number of carboxylic acids is 1. The van der Waals surface area contributed by atoms with Crippen LogP contribution >= 0.6 is 0 Å². The highest BCUT2D eigenvalue weighted by Crippen LogP contribution is 2.29. The average Bonchev–Trinajstić information content (AvgIpc) is 2.79. The lowest BCUT2D eigenvalue weighted by molar-refractivity contribution is 0.0695. The number of halogens is 1. The smallest absolute Gasteiger partial charge is 0.341 e. The van der Waals surface area contributed by atoms with E-state index in [9.17, 15) is 14.0 Å². The molecule has 0 saturated carbocycles. The Morgan fingerprint density at radius 1 is 1.50 bits per heavy atom. The molecule has 116 valence electrons. The first kappa shape index (κ1) is 14.5. The lowest BCUT2D eigenvalue weighted by Gasteiger charge is -2.22. The van der Waals surface area contributed by atoms with Crippen LogP contribution in [0.4, 0.5) is 10.1 Å². The van der Waals surface area contributed by atoms with Gasteiger partial charge in [0.2, 0.25) is 5.43 Å². The van der Waals surface area contributed by atoms with Crippen molar-refractivity contribution in [2.24, 2.45) is 5.73 Å². The molecule has 0 aliphatic carbocycles. The molecule has 1 aliphatic heterocycles. The number of hydrogen-bond acceptors (Lipinski definition) is 4. The zero-order valence-corrected chi connectivity index (χ0v) is 12.0. The van der Waals surface area contributed by atoms with Crippen molar-refractivity contribution in [3.63, 3.8) is 0 Å². The Labute approximate surface area is 125 Å². The number of rotatable bonds is 2. The van der Waals surface area contributed by atoms with Gasteiger partial charge in [-0.15, -0.1) is 0 Å². The number of aromatic amines is 1. The average molecular weight is 305 g/mol. The first-order valence-electron chi connectivity index (χ1n) is 6.90. The van der Waals surface area contributed by atoms with Gasteiger partial charge in [0, 0.05) is 30.2 Å². The lowest BCUT2D eigenvalue weighted by atomic mass is 10.0. The monoisotopic (exact) mass is 305 g/mol. The van der Waals surface area contributed by atoms with Gasteiger partial charge in [0.1, 0.15) is 11.4 Å². The normalized spacial score (nSPS) is 21.5. The summed E-state index contributed by atoms with van der Waals surface area (Å²) in [7, 11) is 0. The van der Waals surface area contributed by atoms with Gasteiger partial charge in [-0.3, -0.25) is 4.79 Å². The van der Waals surface area contributed by atoms with Crippen LogP contribution in [-0.2, 0) is 0 Å². The van der Waals surface area contributed by atoms with Gasteiger partial charge in [-0.25, -0.2) is 9.18 Å². The minimum Gasteiger partial charge on any atom is -0.477 e. The highest BCUT2D eigenvalue weighted by molar-refractivity contribution is 5.93. The molecule has 7 heteroatoms. The van der Waals surface area contributed by atoms with Crippen LogP contribution < -0.4 is 16.1 Å². The summed E-state index contributed by atoms with van der Waals surface area (Å²) < 4.78 is 14.4. The minimum atomic E-state index is -1.34. The van der Waals surface area contributed by atoms with Gasteiger partial charge in [-0.1, -0.05) is 0 Å². The molecule has 3 rings (SSSR count). The van der Waals surface area contributed by atoms with Crippen LogP contribution in [-0.4, -0.2) is 34.7 Å². The fraction of sp³-hybridized carbons (Fsp3) is 0.333. The van der Waals surface area contributed by atoms with Crippen LogP contribution in [0.1, 0.15) is 23.7 Å². The van der Waals surface area contributed by atoms with E-state index in [-0.39, 0.29) is 10.9 Å². The molecule has 0 radical (unpaired) electrons. The van der Waals surface area contributed by atoms with Crippen molar-refractivity contribution < 1.29 is 14.3 Å². The van der Waals surface area contributed by atoms with E-state index >= 15 is 0 Å². The van der Waals surface area contributed by atoms with Crippen LogP contribution in [0.5, 0.6) is 0 Å². The summed E-state index contributed by atoms with van der Waals surface area (Å²) in [6.45, 7) is 3.06. The molecule has 1 fully saturated rings. The maximum Gasteiger partial charge on any atom is 0.341 e. The second-order valence-corrected chi connectivity index (χ2v) is 6.01. The van der Waals surface area contributed by atoms with E-state index in [1.807, 2.05) is 11.8 Å². The van der Waals surface area contributed by atoms with Crippen LogP contribution in [0.2, 0.25) is 0 Å². The number of aromatic nitrogens is 1. The Bertz CT molecular complexity index is 829. The number of carbonyl (C=O) groups is 1. The second kappa shape index (κ2) is 4.81. The zero-order valence-electron chi connectivity index (χ0n) is 12.0. The molecule has 6 nitrogen and oxygen atoms in total. The summed E-state index contributed by atoms with van der Waals surface area (Å²) in [6, 6.07) is 2.61. The highest BCUT2D eigenvalue weighted by atomic mass is 19.1. The van der Waals surface area contributed by atoms with Gasteiger partial charge in [0.25, 0.3) is 0 Å². The summed E-state index contributed by atoms with van der Waals surface area (Å²) in [5.74, 6) is -1.90. The Morgan fingerprint density at radius 3 is 2.82 bits per heavy atom. The molecule has 0 bridgehead atoms. The highest BCUT2D eigenvalue weighted by Gasteiger charge is 2.31. The molecule has 1 unspecified atom stereocenters. The number of aromatic carboxylic acids is 1. The molecule has 4 N–H and O–H groups in total. The predicted octanol–water partition coefficient (Wildman–Crippen LogP) is 1.29. The third kappa shape index (κ3) is 2.33. The molecule has 1 aromatic heterocycles. The van der Waals surface area contributed by atoms with Crippen molar-refractivity contribution in [1.29, 1.82) is 0 Å². The number of H-pyrrole nitrogens is 1. The number of benzene rings is 1. The number of nitrogens with two attached hydrogens (primary N) is 1. The van der Waals surface area contributed by atoms with Gasteiger partial charge in [-0.05, 0) is 25.5 Å². The fourth-order valence-electron chi connectivity index (χ4n) is 2.82. The summed E-state index contributed by atoms with van der Waals surface area (Å²) in [5, 5.41) is 8.97. The quantitative estimate of drug-likeness (QED) is 0.776. The van der Waals surface area contributed by atoms with E-state index in [1.54, 1.807) is 0 Å². The Morgan fingerprint density at radius 2 is 2.23 bits per heavy atom. The molecular formula is C15H16FN3O3. The third-order valence-electron chi connectivity index (χ3n) is 4.02. The SMILES string of the molecule is CC1(N)CCN(c2cc3[nH]cc(C(=O)O)c(=O)c3cc2F)C1. The van der Waals surface area contributed by atoms with E-state index < -0.39 is 22.8 Å². The summed E-state index contributed by atoms with van der Waals surface area (Å²) >= 11 is 0. The van der Waals surface area contributed by atoms with E-state index in [0.29, 0.717) is 24.3 Å². The molecule has 1 atom stereocenters. The summed E-state index contributed by atoms with van der Waals surface area (Å²) in [4.78, 5) is 27.6. The first-order chi connectivity index (χ1) is 10.3. The number of carboxylic acid groups (broad SMARTS) is 1. The maximum atomic E-state index is 14.4. The predicted molar refractivity (Wildman–Crippen MR) is 80.9 cm³/mol. The topological polar surface area (TPSA) is 99.4 Å². The largest absolute Gasteiger partial charge is 0.477 e. The van der Waals surface area contributed by atoms with Crippen molar-refractivity contribution in [2.45, 2.75) is 18.9 Å². The second-order valence-electron chi connectivity index (χ2n) is 6.01. The van der Waals surface area contributed by atoms with Gasteiger partial charge < -0.3 is 20.7 Å². The van der Waals surface area contributed by atoms with Gasteiger partial charge in [0.05, 0.1) is 11.2 Å². The molecule has 1 aromatic carbocycles. The van der Waals surface area contributed by atoms with Crippen molar-refractivity contribution >= 4 is 22.6 Å². The number of nitrogens with zero attached hydrogens (tertiary/aromatic N) is 1. The van der Waals surface area contributed by atoms with Crippen LogP contribution in [0.15, 0.2) is 23.1 Å². The third-order valence-corrected chi connectivity index (χ3v) is 4.02. The zero-order chi connectivity index (χ0) is 16.1. The van der Waals surface area contributed by atoms with Crippen molar-refractivity contribution in [2.75, 3.05) is 18.0 Å². The molecule has 0 spiro atoms. The Hall–Kier alpha value is -2.41. The molecule has 1 saturated heterocycles. The van der Waals surface area contributed by atoms with Crippen LogP contribution in [0.3, 0.4) is 0 Å². The summed E-state index contributed by atoms with van der Waals surface area (Å²) in [5.41, 5.74) is 5.34. The first-order valence-corrected chi connectivity index (χ1v) is 6.90. The standard InChI is InChI=1S/C15H16FN3O3/c1-15(17)2-3-19(7-15)12-5-11-8(4-10(12)16)13(20)9(6-18-11)14(21)22/h4-6H,2-3,7,17H2,1H3,(H,18,20)(H,21,22). The Balaban J connectivity index is 2.12. The van der Waals surface area contributed by atoms with Gasteiger partial charge in [-0.2, -0.15) is 0 Å². The number of nitrogens with one attached hydrogen (secondary N) is 1. The maximum absolute atomic E-state index is 14.4. The lowest BCUT2D eigenvalue weighted by Crippen LogP contribution is -2.39. The molecule has 22 heavy (non-hydrogen) atoms. The molecule has 2 aromatic rings. The van der Waals surface area contributed by atoms with Crippen LogP contribution in [0.25, 0.3) is 10.9 Å². The molecule has 0 amide bonds. The molecule has 1 aliphatic rings. The van der Waals surface area contributed by atoms with E-state index in [4.69, 9.17) is 10.8 Å². The minimum absolute atomic E-state index is 0.0239. The number of pyridine rings is 1. The van der Waals surface area contributed by atoms with Gasteiger partial charge in [0.15, 0.2) is 0 Å². The van der Waals surface area contributed by atoms with Gasteiger partial charge >= 0.3 is 5.97 Å². The molecule has 2 heterocycles. The van der Waals surface area contributed by atoms with E-state index in [2.05, 4.69) is 4.98 Å².